The number of nitrogens with zero attached hydrogens (tertiary/aromatic N) is 2. The second kappa shape index (κ2) is 4.32. The third-order valence-corrected chi connectivity index (χ3v) is 2.00. The van der Waals surface area contributed by atoms with Crippen molar-refractivity contribution < 1.29 is 4.79 Å². The highest BCUT2D eigenvalue weighted by molar-refractivity contribution is 7.96. The number of nitrogens with one attached hydrogen (secondary N) is 2. The molecule has 1 aromatic heterocycles. The molecule has 0 aliphatic rings. The summed E-state index contributed by atoms with van der Waals surface area (Å²) in [4.78, 5) is 14.9. The molecular formula is C7H13N5OS. The minimum absolute atomic E-state index is 0.111. The Bertz CT molecular complexity index is 324. The minimum atomic E-state index is -0.409. The van der Waals surface area contributed by atoms with Crippen LogP contribution < -0.4 is 11.1 Å². The molecule has 0 unspecified atom stereocenters. The van der Waals surface area contributed by atoms with Gasteiger partial charge in [-0.05, 0) is 5.92 Å². The van der Waals surface area contributed by atoms with Crippen LogP contribution in [0.2, 0.25) is 0 Å². The van der Waals surface area contributed by atoms with E-state index in [-0.39, 0.29) is 17.0 Å². The summed E-state index contributed by atoms with van der Waals surface area (Å²) >= 11 is 3.77. The van der Waals surface area contributed by atoms with E-state index in [1.165, 1.54) is 0 Å². The number of hydrogen-bond donors (Lipinski definition) is 4. The lowest BCUT2D eigenvalue weighted by Gasteiger charge is -2.17. The van der Waals surface area contributed by atoms with Crippen molar-refractivity contribution in [1.82, 2.24) is 15.2 Å². The second-order valence-corrected chi connectivity index (χ2v) is 3.69. The Balaban J connectivity index is 2.69. The molecule has 1 heterocycles. The number of H-pyrrole nitrogens is 1. The molecule has 0 radical (unpaired) electrons. The average molecular weight is 215 g/mol. The largest absolute Gasteiger partial charge is 0.368 e. The molecule has 0 spiro atoms. The van der Waals surface area contributed by atoms with Gasteiger partial charge < -0.3 is 11.1 Å². The van der Waals surface area contributed by atoms with Gasteiger partial charge in [-0.25, -0.2) is 5.10 Å². The SMILES string of the molecule is CC(C)[C@H](Nc1n[nH]c(N)n1)C(=O)S. The Morgan fingerprint density at radius 1 is 1.64 bits per heavy atom. The quantitative estimate of drug-likeness (QED) is 0.541. The average Bonchev–Trinajstić information content (AvgIpc) is 2.46. The van der Waals surface area contributed by atoms with Gasteiger partial charge in [-0.15, -0.1) is 17.7 Å². The van der Waals surface area contributed by atoms with E-state index in [1.54, 1.807) is 0 Å². The van der Waals surface area contributed by atoms with Gasteiger partial charge in [-0.2, -0.15) is 4.98 Å². The minimum Gasteiger partial charge on any atom is -0.368 e. The molecule has 78 valence electrons. The number of carbonyl (C=O) groups is 1. The van der Waals surface area contributed by atoms with Crippen LogP contribution in [0.25, 0.3) is 0 Å². The fraction of sp³-hybridized carbons (Fsp3) is 0.571. The lowest BCUT2D eigenvalue weighted by molar-refractivity contribution is -0.112. The summed E-state index contributed by atoms with van der Waals surface area (Å²) in [7, 11) is 0. The number of rotatable bonds is 4. The summed E-state index contributed by atoms with van der Waals surface area (Å²) in [6, 6.07) is -0.409. The van der Waals surface area contributed by atoms with Gasteiger partial charge in [-0.1, -0.05) is 13.8 Å². The van der Waals surface area contributed by atoms with Crippen LogP contribution in [-0.2, 0) is 4.79 Å². The van der Waals surface area contributed by atoms with Crippen LogP contribution in [0, 0.1) is 5.92 Å². The molecule has 0 fully saturated rings. The summed E-state index contributed by atoms with van der Waals surface area (Å²) in [6.07, 6.45) is 0. The molecule has 0 aromatic carbocycles. The van der Waals surface area contributed by atoms with Gasteiger partial charge in [0.15, 0.2) is 0 Å². The molecule has 1 atom stereocenters. The maximum atomic E-state index is 11.1. The zero-order chi connectivity index (χ0) is 10.7. The van der Waals surface area contributed by atoms with Gasteiger partial charge in [0.2, 0.25) is 17.0 Å². The second-order valence-electron chi connectivity index (χ2n) is 3.25. The third kappa shape index (κ3) is 2.63. The zero-order valence-corrected chi connectivity index (χ0v) is 8.88. The van der Waals surface area contributed by atoms with Crippen molar-refractivity contribution in [3.05, 3.63) is 0 Å². The standard InChI is InChI=1S/C7H13N5OS/c1-3(2)4(5(13)14)9-7-10-6(8)11-12-7/h3-4H,1-2H3,(H,13,14)(H4,8,9,10,11,12)/t4-/m0/s1. The first-order valence-corrected chi connectivity index (χ1v) is 4.62. The van der Waals surface area contributed by atoms with Gasteiger partial charge in [0.05, 0.1) is 0 Å². The van der Waals surface area contributed by atoms with Crippen molar-refractivity contribution in [2.75, 3.05) is 11.1 Å². The van der Waals surface area contributed by atoms with E-state index in [9.17, 15) is 4.79 Å². The van der Waals surface area contributed by atoms with Gasteiger partial charge in [-0.3, -0.25) is 4.79 Å². The normalized spacial score (nSPS) is 12.9. The van der Waals surface area contributed by atoms with E-state index >= 15 is 0 Å². The van der Waals surface area contributed by atoms with Crippen LogP contribution in [0.5, 0.6) is 0 Å². The smallest absolute Gasteiger partial charge is 0.244 e. The molecule has 0 saturated carbocycles. The predicted molar refractivity (Wildman–Crippen MR) is 57.0 cm³/mol. The van der Waals surface area contributed by atoms with Crippen LogP contribution in [-0.4, -0.2) is 26.3 Å². The van der Waals surface area contributed by atoms with Gasteiger partial charge in [0.25, 0.3) is 0 Å². The molecule has 0 aliphatic heterocycles. The van der Waals surface area contributed by atoms with Gasteiger partial charge >= 0.3 is 0 Å². The molecule has 6 nitrogen and oxygen atoms in total. The molecule has 0 aliphatic carbocycles. The molecule has 14 heavy (non-hydrogen) atoms. The van der Waals surface area contributed by atoms with Gasteiger partial charge in [0.1, 0.15) is 6.04 Å². The molecule has 1 rings (SSSR count). The lowest BCUT2D eigenvalue weighted by atomic mass is 10.1. The maximum absolute atomic E-state index is 11.1. The van der Waals surface area contributed by atoms with Crippen molar-refractivity contribution in [2.45, 2.75) is 19.9 Å². The first-order chi connectivity index (χ1) is 6.50. The number of nitrogens with two attached hydrogens (primary N) is 1. The number of aromatic amines is 1. The Hall–Kier alpha value is -1.24. The van der Waals surface area contributed by atoms with Crippen molar-refractivity contribution >= 4 is 29.6 Å². The summed E-state index contributed by atoms with van der Waals surface area (Å²) in [5, 5.41) is 8.82. The summed E-state index contributed by atoms with van der Waals surface area (Å²) in [5.74, 6) is 0.630. The zero-order valence-electron chi connectivity index (χ0n) is 7.98. The molecule has 0 bridgehead atoms. The predicted octanol–water partition coefficient (Wildman–Crippen LogP) is 0.280. The molecule has 7 heteroatoms. The monoisotopic (exact) mass is 215 g/mol. The van der Waals surface area contributed by atoms with E-state index in [1.807, 2.05) is 13.8 Å². The fourth-order valence-corrected chi connectivity index (χ4v) is 1.35. The maximum Gasteiger partial charge on any atom is 0.244 e. The van der Waals surface area contributed by atoms with Crippen molar-refractivity contribution in [3.8, 4) is 0 Å². The highest BCUT2D eigenvalue weighted by atomic mass is 32.1. The number of thiol groups is 1. The van der Waals surface area contributed by atoms with Crippen molar-refractivity contribution in [3.63, 3.8) is 0 Å². The molecule has 0 saturated heterocycles. The van der Waals surface area contributed by atoms with Crippen LogP contribution in [0.3, 0.4) is 0 Å². The molecule has 0 amide bonds. The summed E-state index contributed by atoms with van der Waals surface area (Å²) < 4.78 is 0. The van der Waals surface area contributed by atoms with Crippen molar-refractivity contribution in [2.24, 2.45) is 5.92 Å². The summed E-state index contributed by atoms with van der Waals surface area (Å²) in [5.41, 5.74) is 5.33. The third-order valence-electron chi connectivity index (χ3n) is 1.72. The van der Waals surface area contributed by atoms with Crippen LogP contribution >= 0.6 is 12.6 Å². The topological polar surface area (TPSA) is 96.7 Å². The van der Waals surface area contributed by atoms with Crippen LogP contribution in [0.15, 0.2) is 0 Å². The number of anilines is 2. The first-order valence-electron chi connectivity index (χ1n) is 4.18. The Kier molecular flexibility index (Phi) is 3.34. The Morgan fingerprint density at radius 3 is 2.64 bits per heavy atom. The highest BCUT2D eigenvalue weighted by Gasteiger charge is 2.20. The Morgan fingerprint density at radius 2 is 2.29 bits per heavy atom. The van der Waals surface area contributed by atoms with Gasteiger partial charge in [0, 0.05) is 0 Å². The molecule has 1 aromatic rings. The van der Waals surface area contributed by atoms with Crippen molar-refractivity contribution in [1.29, 1.82) is 0 Å². The first kappa shape index (κ1) is 10.8. The molecular weight excluding hydrogens is 202 g/mol. The number of nitrogen functional groups attached to an aromatic ring is 1. The molecule has 4 N–H and O–H groups in total. The van der Waals surface area contributed by atoms with E-state index < -0.39 is 6.04 Å². The summed E-state index contributed by atoms with van der Waals surface area (Å²) in [6.45, 7) is 3.81. The van der Waals surface area contributed by atoms with Crippen LogP contribution in [0.1, 0.15) is 13.8 Å². The highest BCUT2D eigenvalue weighted by Crippen LogP contribution is 2.11. The lowest BCUT2D eigenvalue weighted by Crippen LogP contribution is -2.32. The van der Waals surface area contributed by atoms with E-state index in [0.717, 1.165) is 0 Å². The van der Waals surface area contributed by atoms with Crippen LogP contribution in [0.4, 0.5) is 11.9 Å². The van der Waals surface area contributed by atoms with E-state index in [0.29, 0.717) is 5.95 Å². The van der Waals surface area contributed by atoms with E-state index in [2.05, 4.69) is 33.1 Å². The number of hydrogen-bond acceptors (Lipinski definition) is 5. The Labute approximate surface area is 87.1 Å². The fourth-order valence-electron chi connectivity index (χ4n) is 0.992. The van der Waals surface area contributed by atoms with E-state index in [4.69, 9.17) is 5.73 Å². The number of aromatic nitrogens is 3. The number of carbonyl (C=O) groups excluding carboxylic acids is 1.